The van der Waals surface area contributed by atoms with Gasteiger partial charge < -0.3 is 14.6 Å². The van der Waals surface area contributed by atoms with Crippen LogP contribution in [0.3, 0.4) is 0 Å². The van der Waals surface area contributed by atoms with Gasteiger partial charge in [-0.25, -0.2) is 0 Å². The summed E-state index contributed by atoms with van der Waals surface area (Å²) < 4.78 is 11.2. The number of hydrogen-bond donors (Lipinski definition) is 1. The molecule has 1 atom stereocenters. The van der Waals surface area contributed by atoms with Crippen LogP contribution in [0.2, 0.25) is 0 Å². The van der Waals surface area contributed by atoms with Gasteiger partial charge in [0, 0.05) is 5.56 Å². The zero-order chi connectivity index (χ0) is 15.5. The van der Waals surface area contributed by atoms with Gasteiger partial charge in [0.05, 0.1) is 12.6 Å². The summed E-state index contributed by atoms with van der Waals surface area (Å²) in [6.45, 7) is 7.98. The van der Waals surface area contributed by atoms with Crippen molar-refractivity contribution in [2.75, 3.05) is 13.2 Å². The monoisotopic (exact) mass is 301 g/mol. The second kappa shape index (κ2) is 6.48. The maximum absolute atomic E-state index is 5.82. The first-order valence-corrected chi connectivity index (χ1v) is 8.00. The molecule has 5 nitrogen and oxygen atoms in total. The molecule has 2 aromatic rings. The van der Waals surface area contributed by atoms with Crippen LogP contribution in [0.5, 0.6) is 5.75 Å². The van der Waals surface area contributed by atoms with E-state index in [2.05, 4.69) is 48.4 Å². The first-order chi connectivity index (χ1) is 10.7. The van der Waals surface area contributed by atoms with Crippen LogP contribution >= 0.6 is 0 Å². The second-order valence-electron chi connectivity index (χ2n) is 5.89. The molecule has 3 rings (SSSR count). The Kier molecular flexibility index (Phi) is 4.43. The number of nitrogens with one attached hydrogen (secondary N) is 1. The lowest BCUT2D eigenvalue weighted by atomic mass is 10.1. The summed E-state index contributed by atoms with van der Waals surface area (Å²) in [5.41, 5.74) is 3.19. The first kappa shape index (κ1) is 15.0. The number of rotatable bonds is 5. The molecule has 1 unspecified atom stereocenters. The third-order valence-electron chi connectivity index (χ3n) is 3.97. The van der Waals surface area contributed by atoms with E-state index < -0.39 is 0 Å². The van der Waals surface area contributed by atoms with Gasteiger partial charge in [0.2, 0.25) is 11.7 Å². The predicted molar refractivity (Wildman–Crippen MR) is 85.0 cm³/mol. The Balaban J connectivity index is 1.85. The average Bonchev–Trinajstić information content (AvgIpc) is 3.17. The van der Waals surface area contributed by atoms with Crippen molar-refractivity contribution in [3.05, 3.63) is 29.2 Å². The van der Waals surface area contributed by atoms with Crippen molar-refractivity contribution in [1.29, 1.82) is 0 Å². The summed E-state index contributed by atoms with van der Waals surface area (Å²) in [6, 6.07) is 4.33. The maximum atomic E-state index is 5.82. The first-order valence-electron chi connectivity index (χ1n) is 8.00. The minimum Gasteiger partial charge on any atom is -0.493 e. The average molecular weight is 301 g/mol. The second-order valence-corrected chi connectivity index (χ2v) is 5.89. The van der Waals surface area contributed by atoms with Gasteiger partial charge in [-0.2, -0.15) is 4.98 Å². The molecule has 1 saturated heterocycles. The summed E-state index contributed by atoms with van der Waals surface area (Å²) in [5, 5.41) is 7.51. The van der Waals surface area contributed by atoms with E-state index in [1.165, 1.54) is 0 Å². The Morgan fingerprint density at radius 2 is 2.09 bits per heavy atom. The highest BCUT2D eigenvalue weighted by Gasteiger charge is 2.23. The van der Waals surface area contributed by atoms with E-state index in [4.69, 9.17) is 9.26 Å². The smallest absolute Gasteiger partial charge is 0.244 e. The molecule has 0 spiro atoms. The molecule has 0 radical (unpaired) electrons. The zero-order valence-corrected chi connectivity index (χ0v) is 13.5. The van der Waals surface area contributed by atoms with Crippen molar-refractivity contribution in [2.24, 2.45) is 0 Å². The van der Waals surface area contributed by atoms with Crippen LogP contribution in [0.15, 0.2) is 16.7 Å². The lowest BCUT2D eigenvalue weighted by Crippen LogP contribution is -2.12. The molecule has 0 saturated carbocycles. The topological polar surface area (TPSA) is 60.2 Å². The van der Waals surface area contributed by atoms with Crippen molar-refractivity contribution >= 4 is 0 Å². The molecule has 1 fully saturated rings. The molecule has 0 bridgehead atoms. The molecule has 1 aromatic carbocycles. The number of ether oxygens (including phenoxy) is 1. The predicted octanol–water partition coefficient (Wildman–Crippen LogP) is 3.57. The molecule has 1 aliphatic rings. The Labute approximate surface area is 131 Å². The van der Waals surface area contributed by atoms with E-state index in [1.807, 2.05) is 0 Å². The van der Waals surface area contributed by atoms with E-state index in [1.54, 1.807) is 0 Å². The molecule has 5 heteroatoms. The highest BCUT2D eigenvalue weighted by molar-refractivity contribution is 5.61. The Hall–Kier alpha value is -1.88. The zero-order valence-electron chi connectivity index (χ0n) is 13.5. The fourth-order valence-electron chi connectivity index (χ4n) is 2.90. The van der Waals surface area contributed by atoms with E-state index in [0.717, 1.165) is 54.9 Å². The SMILES string of the molecule is CCCOc1c(C)cc(-c2noc(C3CCCN3)n2)cc1C. The van der Waals surface area contributed by atoms with E-state index in [0.29, 0.717) is 11.7 Å². The molecule has 22 heavy (non-hydrogen) atoms. The van der Waals surface area contributed by atoms with Gasteiger partial charge in [-0.1, -0.05) is 12.1 Å². The van der Waals surface area contributed by atoms with Crippen LogP contribution in [-0.2, 0) is 0 Å². The molecule has 1 N–H and O–H groups in total. The van der Waals surface area contributed by atoms with Crippen molar-refractivity contribution in [3.8, 4) is 17.1 Å². The molecular weight excluding hydrogens is 278 g/mol. The Morgan fingerprint density at radius 1 is 1.32 bits per heavy atom. The van der Waals surface area contributed by atoms with E-state index in [9.17, 15) is 0 Å². The standard InChI is InChI=1S/C17H23N3O2/c1-4-8-21-15-11(2)9-13(10-12(15)3)16-19-17(22-20-16)14-6-5-7-18-14/h9-10,14,18H,4-8H2,1-3H3. The minimum absolute atomic E-state index is 0.204. The van der Waals surface area contributed by atoms with Crippen LogP contribution in [0.4, 0.5) is 0 Å². The van der Waals surface area contributed by atoms with Gasteiger partial charge in [-0.3, -0.25) is 0 Å². The molecule has 0 aliphatic carbocycles. The quantitative estimate of drug-likeness (QED) is 0.915. The summed E-state index contributed by atoms with van der Waals surface area (Å²) in [4.78, 5) is 4.56. The van der Waals surface area contributed by atoms with Crippen LogP contribution in [0, 0.1) is 13.8 Å². The van der Waals surface area contributed by atoms with Gasteiger partial charge in [0.25, 0.3) is 0 Å². The lowest BCUT2D eigenvalue weighted by Gasteiger charge is -2.12. The highest BCUT2D eigenvalue weighted by Crippen LogP contribution is 2.30. The summed E-state index contributed by atoms with van der Waals surface area (Å²) in [6.07, 6.45) is 3.22. The molecule has 0 amide bonds. The highest BCUT2D eigenvalue weighted by atomic mass is 16.5. The van der Waals surface area contributed by atoms with E-state index in [-0.39, 0.29) is 6.04 Å². The minimum atomic E-state index is 0.204. The maximum Gasteiger partial charge on any atom is 0.244 e. The third kappa shape index (κ3) is 2.99. The summed E-state index contributed by atoms with van der Waals surface area (Å²) in [5.74, 6) is 2.30. The van der Waals surface area contributed by atoms with Gasteiger partial charge in [0.15, 0.2) is 0 Å². The number of hydrogen-bond acceptors (Lipinski definition) is 5. The number of aromatic nitrogens is 2. The van der Waals surface area contributed by atoms with Crippen LogP contribution in [0.25, 0.3) is 11.4 Å². The lowest BCUT2D eigenvalue weighted by molar-refractivity contribution is 0.313. The van der Waals surface area contributed by atoms with Crippen LogP contribution < -0.4 is 10.1 Å². The number of benzene rings is 1. The molecule has 118 valence electrons. The molecule has 1 aliphatic heterocycles. The van der Waals surface area contributed by atoms with Crippen molar-refractivity contribution in [3.63, 3.8) is 0 Å². The van der Waals surface area contributed by atoms with Gasteiger partial charge in [-0.05, 0) is 62.9 Å². The van der Waals surface area contributed by atoms with Crippen molar-refractivity contribution < 1.29 is 9.26 Å². The fraction of sp³-hybridized carbons (Fsp3) is 0.529. The fourth-order valence-corrected chi connectivity index (χ4v) is 2.90. The van der Waals surface area contributed by atoms with E-state index >= 15 is 0 Å². The number of nitrogens with zero attached hydrogens (tertiary/aromatic N) is 2. The summed E-state index contributed by atoms with van der Waals surface area (Å²) in [7, 11) is 0. The van der Waals surface area contributed by atoms with Crippen molar-refractivity contribution in [2.45, 2.75) is 46.1 Å². The molecule has 1 aromatic heterocycles. The summed E-state index contributed by atoms with van der Waals surface area (Å²) >= 11 is 0. The van der Waals surface area contributed by atoms with Gasteiger partial charge >= 0.3 is 0 Å². The van der Waals surface area contributed by atoms with Crippen molar-refractivity contribution in [1.82, 2.24) is 15.5 Å². The largest absolute Gasteiger partial charge is 0.493 e. The van der Waals surface area contributed by atoms with Gasteiger partial charge in [-0.15, -0.1) is 0 Å². The third-order valence-corrected chi connectivity index (χ3v) is 3.97. The van der Waals surface area contributed by atoms with Gasteiger partial charge in [0.1, 0.15) is 5.75 Å². The Bertz CT molecular complexity index is 622. The Morgan fingerprint density at radius 3 is 2.73 bits per heavy atom. The normalized spacial score (nSPS) is 17.9. The number of aryl methyl sites for hydroxylation is 2. The molecular formula is C17H23N3O2. The molecule has 2 heterocycles. The van der Waals surface area contributed by atoms with Crippen LogP contribution in [-0.4, -0.2) is 23.3 Å². The van der Waals surface area contributed by atoms with Crippen LogP contribution in [0.1, 0.15) is 49.2 Å².